The Morgan fingerprint density at radius 3 is 2.58 bits per heavy atom. The van der Waals surface area contributed by atoms with Crippen molar-refractivity contribution in [3.05, 3.63) is 59.7 Å². The Morgan fingerprint density at radius 2 is 1.89 bits per heavy atom. The Bertz CT molecular complexity index is 513. The monoisotopic (exact) mass is 273 g/mol. The molecule has 2 rings (SSSR count). The van der Waals surface area contributed by atoms with Gasteiger partial charge in [-0.3, -0.25) is 0 Å². The van der Waals surface area contributed by atoms with Crippen molar-refractivity contribution in [2.24, 2.45) is 0 Å². The summed E-state index contributed by atoms with van der Waals surface area (Å²) >= 11 is 1.83. The molecule has 0 spiro atoms. The van der Waals surface area contributed by atoms with Crippen molar-refractivity contribution in [3.8, 4) is 5.75 Å². The van der Waals surface area contributed by atoms with Crippen molar-refractivity contribution in [1.82, 2.24) is 5.32 Å². The van der Waals surface area contributed by atoms with Crippen molar-refractivity contribution < 1.29 is 4.74 Å². The Labute approximate surface area is 119 Å². The Kier molecular flexibility index (Phi) is 5.31. The van der Waals surface area contributed by atoms with Crippen LogP contribution in [0.15, 0.2) is 53.4 Å². The number of rotatable bonds is 6. The van der Waals surface area contributed by atoms with Gasteiger partial charge in [-0.05, 0) is 36.9 Å². The molecule has 0 aliphatic heterocycles. The lowest BCUT2D eigenvalue weighted by Crippen LogP contribution is -2.05. The molecular formula is C16H19NOS. The second-order valence-corrected chi connectivity index (χ2v) is 5.33. The number of thioether (sulfide) groups is 1. The smallest absolute Gasteiger partial charge is 0.122 e. The highest BCUT2D eigenvalue weighted by atomic mass is 32.2. The molecule has 2 aromatic rings. The van der Waals surface area contributed by atoms with E-state index in [9.17, 15) is 0 Å². The van der Waals surface area contributed by atoms with Crippen molar-refractivity contribution in [3.63, 3.8) is 0 Å². The second-order valence-electron chi connectivity index (χ2n) is 4.28. The van der Waals surface area contributed by atoms with Crippen LogP contribution < -0.4 is 10.1 Å². The molecule has 2 aromatic carbocycles. The van der Waals surface area contributed by atoms with Gasteiger partial charge in [-0.2, -0.15) is 0 Å². The molecule has 0 atom stereocenters. The predicted molar refractivity (Wildman–Crippen MR) is 81.8 cm³/mol. The van der Waals surface area contributed by atoms with Crippen LogP contribution in [0.25, 0.3) is 0 Å². The number of benzene rings is 2. The van der Waals surface area contributed by atoms with Crippen molar-refractivity contribution >= 4 is 11.8 Å². The zero-order valence-corrected chi connectivity index (χ0v) is 12.2. The van der Waals surface area contributed by atoms with Crippen LogP contribution in [-0.2, 0) is 12.3 Å². The minimum atomic E-state index is 0.882. The summed E-state index contributed by atoms with van der Waals surface area (Å²) in [6.07, 6.45) is 0. The summed E-state index contributed by atoms with van der Waals surface area (Å²) in [6, 6.07) is 16.8. The summed E-state index contributed by atoms with van der Waals surface area (Å²) in [6.45, 7) is 0.882. The fourth-order valence-corrected chi connectivity index (χ4v) is 2.83. The first kappa shape index (κ1) is 14.0. The van der Waals surface area contributed by atoms with E-state index in [4.69, 9.17) is 4.74 Å². The minimum Gasteiger partial charge on any atom is -0.496 e. The molecule has 0 aliphatic rings. The molecule has 0 heterocycles. The van der Waals surface area contributed by atoms with E-state index in [1.54, 1.807) is 7.11 Å². The lowest BCUT2D eigenvalue weighted by atomic mass is 10.1. The molecule has 1 N–H and O–H groups in total. The zero-order valence-electron chi connectivity index (χ0n) is 11.3. The summed E-state index contributed by atoms with van der Waals surface area (Å²) in [4.78, 5) is 1.28. The van der Waals surface area contributed by atoms with Crippen molar-refractivity contribution in [2.45, 2.75) is 17.2 Å². The van der Waals surface area contributed by atoms with Gasteiger partial charge in [0.05, 0.1) is 7.11 Å². The number of hydrogen-bond acceptors (Lipinski definition) is 3. The molecule has 0 saturated heterocycles. The molecule has 0 aromatic heterocycles. The Hall–Kier alpha value is -1.45. The fraction of sp³-hybridized carbons (Fsp3) is 0.250. The third-order valence-corrected chi connectivity index (χ3v) is 3.92. The van der Waals surface area contributed by atoms with Gasteiger partial charge < -0.3 is 10.1 Å². The van der Waals surface area contributed by atoms with E-state index in [1.165, 1.54) is 16.0 Å². The quantitative estimate of drug-likeness (QED) is 0.811. The van der Waals surface area contributed by atoms with Crippen LogP contribution in [0, 0.1) is 0 Å². The van der Waals surface area contributed by atoms with Gasteiger partial charge in [0.25, 0.3) is 0 Å². The van der Waals surface area contributed by atoms with Crippen LogP contribution in [0.1, 0.15) is 11.1 Å². The highest BCUT2D eigenvalue weighted by Crippen LogP contribution is 2.28. The molecule has 0 saturated carbocycles. The molecule has 3 heteroatoms. The first-order valence-corrected chi connectivity index (χ1v) is 7.30. The SMILES string of the molecule is CNCc1ccc(OC)c(CSc2ccccc2)c1. The molecule has 0 bridgehead atoms. The lowest BCUT2D eigenvalue weighted by molar-refractivity contribution is 0.411. The molecular weight excluding hydrogens is 254 g/mol. The van der Waals surface area contributed by atoms with Gasteiger partial charge in [0, 0.05) is 22.8 Å². The van der Waals surface area contributed by atoms with Crippen LogP contribution in [0.3, 0.4) is 0 Å². The van der Waals surface area contributed by atoms with Gasteiger partial charge in [-0.1, -0.05) is 24.3 Å². The van der Waals surface area contributed by atoms with Crippen LogP contribution in [0.2, 0.25) is 0 Å². The van der Waals surface area contributed by atoms with Gasteiger partial charge in [0.2, 0.25) is 0 Å². The van der Waals surface area contributed by atoms with Gasteiger partial charge in [-0.25, -0.2) is 0 Å². The van der Waals surface area contributed by atoms with E-state index in [-0.39, 0.29) is 0 Å². The summed E-state index contributed by atoms with van der Waals surface area (Å²) in [5.74, 6) is 1.88. The van der Waals surface area contributed by atoms with Crippen LogP contribution in [-0.4, -0.2) is 14.2 Å². The molecule has 0 radical (unpaired) electrons. The number of ether oxygens (including phenoxy) is 1. The lowest BCUT2D eigenvalue weighted by Gasteiger charge is -2.10. The van der Waals surface area contributed by atoms with E-state index in [2.05, 4.69) is 41.7 Å². The van der Waals surface area contributed by atoms with E-state index in [1.807, 2.05) is 30.9 Å². The summed E-state index contributed by atoms with van der Waals surface area (Å²) < 4.78 is 5.43. The maximum Gasteiger partial charge on any atom is 0.122 e. The predicted octanol–water partition coefficient (Wildman–Crippen LogP) is 3.71. The first-order valence-electron chi connectivity index (χ1n) is 6.31. The van der Waals surface area contributed by atoms with Crippen molar-refractivity contribution in [2.75, 3.05) is 14.2 Å². The highest BCUT2D eigenvalue weighted by molar-refractivity contribution is 7.98. The van der Waals surface area contributed by atoms with Gasteiger partial charge in [0.1, 0.15) is 5.75 Å². The summed E-state index contributed by atoms with van der Waals surface area (Å²) in [7, 11) is 3.69. The Morgan fingerprint density at radius 1 is 1.11 bits per heavy atom. The number of nitrogens with one attached hydrogen (secondary N) is 1. The maximum absolute atomic E-state index is 5.43. The van der Waals surface area contributed by atoms with Crippen LogP contribution in [0.4, 0.5) is 0 Å². The molecule has 0 aliphatic carbocycles. The largest absolute Gasteiger partial charge is 0.496 e. The average Bonchev–Trinajstić information content (AvgIpc) is 2.47. The fourth-order valence-electron chi connectivity index (χ4n) is 1.94. The van der Waals surface area contributed by atoms with E-state index in [0.29, 0.717) is 0 Å². The van der Waals surface area contributed by atoms with Gasteiger partial charge >= 0.3 is 0 Å². The molecule has 0 unspecified atom stereocenters. The topological polar surface area (TPSA) is 21.3 Å². The van der Waals surface area contributed by atoms with Gasteiger partial charge in [0.15, 0.2) is 0 Å². The van der Waals surface area contributed by atoms with Crippen molar-refractivity contribution in [1.29, 1.82) is 0 Å². The minimum absolute atomic E-state index is 0.882. The first-order chi connectivity index (χ1) is 9.33. The number of hydrogen-bond donors (Lipinski definition) is 1. The summed E-state index contributed by atoms with van der Waals surface area (Å²) in [5, 5.41) is 3.17. The molecule has 2 nitrogen and oxygen atoms in total. The third kappa shape index (κ3) is 4.01. The van der Waals surface area contributed by atoms with Crippen LogP contribution in [0.5, 0.6) is 5.75 Å². The molecule has 0 fully saturated rings. The average molecular weight is 273 g/mol. The van der Waals surface area contributed by atoms with E-state index in [0.717, 1.165) is 18.0 Å². The van der Waals surface area contributed by atoms with E-state index < -0.39 is 0 Å². The zero-order chi connectivity index (χ0) is 13.5. The number of methoxy groups -OCH3 is 1. The van der Waals surface area contributed by atoms with Gasteiger partial charge in [-0.15, -0.1) is 11.8 Å². The van der Waals surface area contributed by atoms with E-state index >= 15 is 0 Å². The molecule has 100 valence electrons. The standard InChI is InChI=1S/C16H19NOS/c1-17-11-13-8-9-16(18-2)14(10-13)12-19-15-6-4-3-5-7-15/h3-10,17H,11-12H2,1-2H3. The maximum atomic E-state index is 5.43. The summed E-state index contributed by atoms with van der Waals surface area (Å²) in [5.41, 5.74) is 2.52. The molecule has 0 amide bonds. The highest BCUT2D eigenvalue weighted by Gasteiger charge is 2.05. The van der Waals surface area contributed by atoms with Crippen LogP contribution >= 0.6 is 11.8 Å². The molecule has 19 heavy (non-hydrogen) atoms. The normalized spacial score (nSPS) is 10.4. The Balaban J connectivity index is 2.11. The third-order valence-electron chi connectivity index (χ3n) is 2.86. The second kappa shape index (κ2) is 7.22.